The van der Waals surface area contributed by atoms with Crippen molar-refractivity contribution in [2.24, 2.45) is 0 Å². The number of hydrogen-bond donors (Lipinski definition) is 0. The number of aromatic nitrogens is 5. The largest absolute Gasteiger partial charge is 0.334 e. The van der Waals surface area contributed by atoms with Crippen molar-refractivity contribution in [3.63, 3.8) is 0 Å². The molecule has 4 aromatic rings. The summed E-state index contributed by atoms with van der Waals surface area (Å²) in [6, 6.07) is 14.6. The van der Waals surface area contributed by atoms with Gasteiger partial charge in [-0.05, 0) is 38.0 Å². The smallest absolute Gasteiger partial charge is 0.258 e. The van der Waals surface area contributed by atoms with Gasteiger partial charge in [0.15, 0.2) is 0 Å². The lowest BCUT2D eigenvalue weighted by Crippen LogP contribution is -2.06. The lowest BCUT2D eigenvalue weighted by molar-refractivity contribution is 0.432. The third kappa shape index (κ3) is 2.58. The van der Waals surface area contributed by atoms with Crippen LogP contribution in [0.25, 0.3) is 33.9 Å². The van der Waals surface area contributed by atoms with Crippen LogP contribution in [0.1, 0.15) is 37.3 Å². The first-order valence-corrected chi connectivity index (χ1v) is 9.04. The highest BCUT2D eigenvalue weighted by Gasteiger charge is 2.20. The van der Waals surface area contributed by atoms with Crippen molar-refractivity contribution >= 4 is 11.0 Å². The van der Waals surface area contributed by atoms with E-state index in [1.807, 2.05) is 36.4 Å². The van der Waals surface area contributed by atoms with Crippen molar-refractivity contribution in [3.05, 3.63) is 48.0 Å². The van der Waals surface area contributed by atoms with E-state index >= 15 is 0 Å². The number of benzene rings is 2. The molecule has 0 radical (unpaired) electrons. The Bertz CT molecular complexity index is 1060. The van der Waals surface area contributed by atoms with Crippen LogP contribution in [0.3, 0.4) is 0 Å². The summed E-state index contributed by atoms with van der Waals surface area (Å²) >= 11 is 0. The number of fused-ring (bicyclic) bond motifs is 1. The van der Waals surface area contributed by atoms with Crippen molar-refractivity contribution in [1.29, 1.82) is 0 Å². The summed E-state index contributed by atoms with van der Waals surface area (Å²) in [7, 11) is 0. The minimum absolute atomic E-state index is 0.474. The van der Waals surface area contributed by atoms with E-state index in [1.165, 1.54) is 31.2 Å². The molecule has 0 aliphatic heterocycles. The molecule has 0 N–H and O–H groups in total. The monoisotopic (exact) mass is 345 g/mol. The summed E-state index contributed by atoms with van der Waals surface area (Å²) in [6.45, 7) is 2.05. The van der Waals surface area contributed by atoms with Crippen LogP contribution in [0.4, 0.5) is 0 Å². The van der Waals surface area contributed by atoms with E-state index in [2.05, 4.69) is 38.1 Å². The van der Waals surface area contributed by atoms with Crippen LogP contribution >= 0.6 is 0 Å². The highest BCUT2D eigenvalue weighted by atomic mass is 16.5. The van der Waals surface area contributed by atoms with Crippen LogP contribution in [-0.2, 0) is 0 Å². The second-order valence-corrected chi connectivity index (χ2v) is 6.96. The summed E-state index contributed by atoms with van der Waals surface area (Å²) in [5.41, 5.74) is 4.94. The Hall–Kier alpha value is -3.02. The van der Waals surface area contributed by atoms with E-state index in [1.54, 1.807) is 0 Å². The fourth-order valence-corrected chi connectivity index (χ4v) is 3.65. The Morgan fingerprint density at radius 1 is 1.00 bits per heavy atom. The van der Waals surface area contributed by atoms with Crippen LogP contribution in [0.15, 0.2) is 47.0 Å². The van der Waals surface area contributed by atoms with E-state index in [0.717, 1.165) is 22.2 Å². The Balaban J connectivity index is 1.48. The van der Waals surface area contributed by atoms with Crippen LogP contribution in [-0.4, -0.2) is 25.1 Å². The molecule has 130 valence electrons. The molecule has 0 unspecified atom stereocenters. The quantitative estimate of drug-likeness (QED) is 0.544. The molecule has 0 bridgehead atoms. The molecular weight excluding hydrogens is 326 g/mol. The molecule has 0 saturated heterocycles. The average molecular weight is 345 g/mol. The SMILES string of the molecule is Cc1ccc(-c2noc(-c3ccc4c(c3)nnn4C3CCCC3)n2)cc1. The Morgan fingerprint density at radius 2 is 1.77 bits per heavy atom. The fourth-order valence-electron chi connectivity index (χ4n) is 3.65. The molecule has 0 spiro atoms. The topological polar surface area (TPSA) is 69.6 Å². The maximum absolute atomic E-state index is 5.47. The molecular formula is C20H19N5O. The molecule has 0 amide bonds. The predicted octanol–water partition coefficient (Wildman–Crippen LogP) is 4.57. The first-order valence-electron chi connectivity index (χ1n) is 9.04. The zero-order valence-corrected chi connectivity index (χ0v) is 14.6. The van der Waals surface area contributed by atoms with Gasteiger partial charge in [-0.1, -0.05) is 53.0 Å². The Morgan fingerprint density at radius 3 is 2.58 bits per heavy atom. The highest BCUT2D eigenvalue weighted by molar-refractivity contribution is 5.80. The molecule has 26 heavy (non-hydrogen) atoms. The van der Waals surface area contributed by atoms with Gasteiger partial charge in [0.25, 0.3) is 5.89 Å². The Kier molecular flexibility index (Phi) is 3.55. The number of nitrogens with zero attached hydrogens (tertiary/aromatic N) is 5. The Labute approximate surface area is 150 Å². The minimum atomic E-state index is 0.474. The number of aryl methyl sites for hydroxylation is 1. The lowest BCUT2D eigenvalue weighted by Gasteiger charge is -2.09. The molecule has 1 saturated carbocycles. The average Bonchev–Trinajstić information content (AvgIpc) is 3.41. The zero-order chi connectivity index (χ0) is 17.5. The lowest BCUT2D eigenvalue weighted by atomic mass is 10.1. The van der Waals surface area contributed by atoms with Gasteiger partial charge < -0.3 is 4.52 Å². The maximum Gasteiger partial charge on any atom is 0.258 e. The number of hydrogen-bond acceptors (Lipinski definition) is 5. The first-order chi connectivity index (χ1) is 12.8. The summed E-state index contributed by atoms with van der Waals surface area (Å²) in [5.74, 6) is 1.09. The van der Waals surface area contributed by atoms with Gasteiger partial charge in [0, 0.05) is 11.1 Å². The third-order valence-corrected chi connectivity index (χ3v) is 5.12. The molecule has 2 aromatic carbocycles. The summed E-state index contributed by atoms with van der Waals surface area (Å²) in [4.78, 5) is 4.54. The van der Waals surface area contributed by atoms with E-state index in [-0.39, 0.29) is 0 Å². The summed E-state index contributed by atoms with van der Waals surface area (Å²) < 4.78 is 7.54. The van der Waals surface area contributed by atoms with Crippen molar-refractivity contribution in [1.82, 2.24) is 25.1 Å². The van der Waals surface area contributed by atoms with Crippen LogP contribution < -0.4 is 0 Å². The van der Waals surface area contributed by atoms with E-state index < -0.39 is 0 Å². The van der Waals surface area contributed by atoms with Crippen molar-refractivity contribution in [3.8, 4) is 22.8 Å². The summed E-state index contributed by atoms with van der Waals surface area (Å²) in [6.07, 6.45) is 4.91. The number of rotatable bonds is 3. The van der Waals surface area contributed by atoms with E-state index in [9.17, 15) is 0 Å². The molecule has 5 rings (SSSR count). The van der Waals surface area contributed by atoms with Crippen LogP contribution in [0.5, 0.6) is 0 Å². The van der Waals surface area contributed by atoms with Gasteiger partial charge in [-0.2, -0.15) is 4.98 Å². The molecule has 2 heterocycles. The zero-order valence-electron chi connectivity index (χ0n) is 14.6. The minimum Gasteiger partial charge on any atom is -0.334 e. The normalized spacial score (nSPS) is 15.1. The second-order valence-electron chi connectivity index (χ2n) is 6.96. The van der Waals surface area contributed by atoms with Gasteiger partial charge in [0.1, 0.15) is 5.52 Å². The molecule has 2 aromatic heterocycles. The maximum atomic E-state index is 5.47. The molecule has 6 nitrogen and oxygen atoms in total. The molecule has 1 aliphatic carbocycles. The van der Waals surface area contributed by atoms with Gasteiger partial charge in [0.2, 0.25) is 5.82 Å². The molecule has 0 atom stereocenters. The highest BCUT2D eigenvalue weighted by Crippen LogP contribution is 2.32. The molecule has 1 aliphatic rings. The van der Waals surface area contributed by atoms with Crippen molar-refractivity contribution in [2.45, 2.75) is 38.6 Å². The van der Waals surface area contributed by atoms with Gasteiger partial charge in [0.05, 0.1) is 11.6 Å². The third-order valence-electron chi connectivity index (χ3n) is 5.12. The molecule has 6 heteroatoms. The second kappa shape index (κ2) is 6.05. The van der Waals surface area contributed by atoms with Gasteiger partial charge in [-0.3, -0.25) is 0 Å². The van der Waals surface area contributed by atoms with Crippen LogP contribution in [0.2, 0.25) is 0 Å². The summed E-state index contributed by atoms with van der Waals surface area (Å²) in [5, 5.41) is 12.8. The van der Waals surface area contributed by atoms with Gasteiger partial charge in [-0.15, -0.1) is 5.10 Å². The van der Waals surface area contributed by atoms with Crippen molar-refractivity contribution < 1.29 is 4.52 Å². The van der Waals surface area contributed by atoms with Gasteiger partial charge >= 0.3 is 0 Å². The molecule has 1 fully saturated rings. The van der Waals surface area contributed by atoms with Crippen LogP contribution in [0, 0.1) is 6.92 Å². The van der Waals surface area contributed by atoms with Gasteiger partial charge in [-0.25, -0.2) is 4.68 Å². The fraction of sp³-hybridized carbons (Fsp3) is 0.300. The van der Waals surface area contributed by atoms with E-state index in [4.69, 9.17) is 4.52 Å². The predicted molar refractivity (Wildman–Crippen MR) is 98.5 cm³/mol. The van der Waals surface area contributed by atoms with E-state index in [0.29, 0.717) is 17.8 Å². The van der Waals surface area contributed by atoms with Crippen molar-refractivity contribution in [2.75, 3.05) is 0 Å². The first kappa shape index (κ1) is 15.3. The standard InChI is InChI=1S/C20H19N5O/c1-13-6-8-14(9-7-13)19-21-20(26-23-19)15-10-11-18-17(12-15)22-24-25(18)16-4-2-3-5-16/h6-12,16H,2-5H2,1H3.